The van der Waals surface area contributed by atoms with E-state index in [-0.39, 0.29) is 12.0 Å². The molecule has 0 bridgehead atoms. The van der Waals surface area contributed by atoms with E-state index >= 15 is 0 Å². The molecule has 116 valence electrons. The van der Waals surface area contributed by atoms with Gasteiger partial charge in [-0.05, 0) is 24.6 Å². The SMILES string of the molecule is Cc1csc(N(CCC(=O)O)Cc2cccc(C(=O)O)c2)n1. The summed E-state index contributed by atoms with van der Waals surface area (Å²) < 4.78 is 0. The summed E-state index contributed by atoms with van der Waals surface area (Å²) in [4.78, 5) is 28.1. The van der Waals surface area contributed by atoms with E-state index in [0.717, 1.165) is 16.4 Å². The number of aliphatic carboxylic acids is 1. The Morgan fingerprint density at radius 3 is 2.68 bits per heavy atom. The predicted molar refractivity (Wildman–Crippen MR) is 83.6 cm³/mol. The van der Waals surface area contributed by atoms with Gasteiger partial charge in [0.2, 0.25) is 0 Å². The van der Waals surface area contributed by atoms with Gasteiger partial charge in [0.15, 0.2) is 5.13 Å². The van der Waals surface area contributed by atoms with Gasteiger partial charge in [0.25, 0.3) is 0 Å². The maximum Gasteiger partial charge on any atom is 0.335 e. The zero-order valence-electron chi connectivity index (χ0n) is 12.0. The van der Waals surface area contributed by atoms with Gasteiger partial charge in [-0.25, -0.2) is 9.78 Å². The number of hydrogen-bond acceptors (Lipinski definition) is 5. The van der Waals surface area contributed by atoms with Crippen molar-refractivity contribution in [1.82, 2.24) is 4.98 Å². The van der Waals surface area contributed by atoms with E-state index in [1.165, 1.54) is 17.4 Å². The van der Waals surface area contributed by atoms with Crippen LogP contribution in [0.1, 0.15) is 28.0 Å². The van der Waals surface area contributed by atoms with E-state index in [0.29, 0.717) is 13.1 Å². The minimum absolute atomic E-state index is 0.00273. The van der Waals surface area contributed by atoms with Crippen LogP contribution in [0.2, 0.25) is 0 Å². The maximum atomic E-state index is 11.0. The molecule has 1 heterocycles. The zero-order valence-corrected chi connectivity index (χ0v) is 12.8. The Morgan fingerprint density at radius 2 is 2.09 bits per heavy atom. The van der Waals surface area contributed by atoms with E-state index in [1.54, 1.807) is 12.1 Å². The number of nitrogens with zero attached hydrogens (tertiary/aromatic N) is 2. The number of aryl methyl sites for hydroxylation is 1. The van der Waals surface area contributed by atoms with Crippen molar-refractivity contribution in [2.75, 3.05) is 11.4 Å². The summed E-state index contributed by atoms with van der Waals surface area (Å²) in [5.74, 6) is -1.86. The average molecular weight is 320 g/mol. The number of benzene rings is 1. The molecule has 0 fully saturated rings. The van der Waals surface area contributed by atoms with Crippen molar-refractivity contribution in [1.29, 1.82) is 0 Å². The number of rotatable bonds is 7. The highest BCUT2D eigenvalue weighted by molar-refractivity contribution is 7.13. The minimum atomic E-state index is -0.982. The van der Waals surface area contributed by atoms with E-state index in [4.69, 9.17) is 10.2 Å². The van der Waals surface area contributed by atoms with Gasteiger partial charge in [-0.2, -0.15) is 0 Å². The summed E-state index contributed by atoms with van der Waals surface area (Å²) in [5, 5.41) is 20.5. The quantitative estimate of drug-likeness (QED) is 0.815. The highest BCUT2D eigenvalue weighted by atomic mass is 32.1. The fraction of sp³-hybridized carbons (Fsp3) is 0.267. The summed E-state index contributed by atoms with van der Waals surface area (Å²) in [5.41, 5.74) is 1.89. The number of aromatic carboxylic acids is 1. The molecule has 0 amide bonds. The second kappa shape index (κ2) is 7.04. The Hall–Kier alpha value is -2.41. The largest absolute Gasteiger partial charge is 0.481 e. The standard InChI is InChI=1S/C15H16N2O4S/c1-10-9-22-15(16-10)17(6-5-13(18)19)8-11-3-2-4-12(7-11)14(20)21/h2-4,7,9H,5-6,8H2,1H3,(H,18,19)(H,20,21). The van der Waals surface area contributed by atoms with Crippen LogP contribution in [-0.4, -0.2) is 33.7 Å². The molecule has 0 saturated carbocycles. The number of carbonyl (C=O) groups is 2. The lowest BCUT2D eigenvalue weighted by Gasteiger charge is -2.21. The Kier molecular flexibility index (Phi) is 5.11. The average Bonchev–Trinajstić information content (AvgIpc) is 2.90. The van der Waals surface area contributed by atoms with Crippen LogP contribution in [0.25, 0.3) is 0 Å². The van der Waals surface area contributed by atoms with E-state index in [2.05, 4.69) is 4.98 Å². The Morgan fingerprint density at radius 1 is 1.32 bits per heavy atom. The van der Waals surface area contributed by atoms with Crippen molar-refractivity contribution in [3.05, 3.63) is 46.5 Å². The number of carboxylic acid groups (broad SMARTS) is 2. The smallest absolute Gasteiger partial charge is 0.335 e. The van der Waals surface area contributed by atoms with Crippen LogP contribution < -0.4 is 4.90 Å². The van der Waals surface area contributed by atoms with E-state index in [1.807, 2.05) is 23.3 Å². The van der Waals surface area contributed by atoms with Crippen LogP contribution in [0.4, 0.5) is 5.13 Å². The third-order valence-electron chi connectivity index (χ3n) is 3.02. The number of hydrogen-bond donors (Lipinski definition) is 2. The Balaban J connectivity index is 2.20. The summed E-state index contributed by atoms with van der Waals surface area (Å²) in [7, 11) is 0. The third kappa shape index (κ3) is 4.29. The molecule has 0 unspecified atom stereocenters. The van der Waals surface area contributed by atoms with Crippen molar-refractivity contribution in [3.63, 3.8) is 0 Å². The molecule has 1 aromatic heterocycles. The van der Waals surface area contributed by atoms with Crippen molar-refractivity contribution in [2.45, 2.75) is 19.9 Å². The highest BCUT2D eigenvalue weighted by Gasteiger charge is 2.14. The van der Waals surface area contributed by atoms with Gasteiger partial charge in [0.05, 0.1) is 17.7 Å². The third-order valence-corrected chi connectivity index (χ3v) is 4.04. The monoisotopic (exact) mass is 320 g/mol. The molecular formula is C15H16N2O4S. The first-order chi connectivity index (χ1) is 10.5. The zero-order chi connectivity index (χ0) is 16.1. The normalized spacial score (nSPS) is 10.4. The molecule has 0 atom stereocenters. The molecule has 0 saturated heterocycles. The van der Waals surface area contributed by atoms with Crippen molar-refractivity contribution < 1.29 is 19.8 Å². The Labute approximate surface area is 131 Å². The van der Waals surface area contributed by atoms with Crippen LogP contribution in [0.3, 0.4) is 0 Å². The second-order valence-corrected chi connectivity index (χ2v) is 5.68. The molecule has 2 N–H and O–H groups in total. The molecule has 0 aliphatic heterocycles. The van der Waals surface area contributed by atoms with Gasteiger partial charge in [-0.3, -0.25) is 4.79 Å². The molecule has 0 spiro atoms. The van der Waals surface area contributed by atoms with Crippen LogP contribution in [0, 0.1) is 6.92 Å². The molecule has 2 aromatic rings. The predicted octanol–water partition coefficient (Wildman–Crippen LogP) is 2.63. The summed E-state index contributed by atoms with van der Waals surface area (Å²) in [6, 6.07) is 6.62. The summed E-state index contributed by atoms with van der Waals surface area (Å²) >= 11 is 1.44. The molecule has 0 aliphatic rings. The van der Waals surface area contributed by atoms with Crippen molar-refractivity contribution in [3.8, 4) is 0 Å². The first-order valence-electron chi connectivity index (χ1n) is 6.67. The molecule has 6 nitrogen and oxygen atoms in total. The number of anilines is 1. The molecule has 0 aliphatic carbocycles. The number of carboxylic acids is 2. The minimum Gasteiger partial charge on any atom is -0.481 e. The Bertz CT molecular complexity index is 684. The molecule has 1 aromatic carbocycles. The van der Waals surface area contributed by atoms with Crippen molar-refractivity contribution >= 4 is 28.4 Å². The van der Waals surface area contributed by atoms with Gasteiger partial charge in [-0.1, -0.05) is 12.1 Å². The molecule has 0 radical (unpaired) electrons. The van der Waals surface area contributed by atoms with Crippen molar-refractivity contribution in [2.24, 2.45) is 0 Å². The first kappa shape index (κ1) is 16.0. The van der Waals surface area contributed by atoms with Gasteiger partial charge in [0, 0.05) is 18.5 Å². The van der Waals surface area contributed by atoms with Crippen LogP contribution in [0.5, 0.6) is 0 Å². The highest BCUT2D eigenvalue weighted by Crippen LogP contribution is 2.22. The molecule has 7 heteroatoms. The van der Waals surface area contributed by atoms with Gasteiger partial charge in [0.1, 0.15) is 0 Å². The van der Waals surface area contributed by atoms with E-state index in [9.17, 15) is 9.59 Å². The molecule has 2 rings (SSSR count). The second-order valence-electron chi connectivity index (χ2n) is 4.84. The first-order valence-corrected chi connectivity index (χ1v) is 7.55. The lowest BCUT2D eigenvalue weighted by atomic mass is 10.1. The summed E-state index contributed by atoms with van der Waals surface area (Å²) in [6.07, 6.45) is -0.00273. The lowest BCUT2D eigenvalue weighted by molar-refractivity contribution is -0.136. The molecule has 22 heavy (non-hydrogen) atoms. The van der Waals surface area contributed by atoms with Gasteiger partial charge >= 0.3 is 11.9 Å². The maximum absolute atomic E-state index is 11.0. The number of thiazole rings is 1. The number of aromatic nitrogens is 1. The van der Waals surface area contributed by atoms with Crippen LogP contribution >= 0.6 is 11.3 Å². The summed E-state index contributed by atoms with van der Waals surface area (Å²) in [6.45, 7) is 2.61. The fourth-order valence-corrected chi connectivity index (χ4v) is 2.81. The topological polar surface area (TPSA) is 90.7 Å². The van der Waals surface area contributed by atoms with Gasteiger partial charge in [-0.15, -0.1) is 11.3 Å². The van der Waals surface area contributed by atoms with E-state index < -0.39 is 11.9 Å². The van der Waals surface area contributed by atoms with Crippen LogP contribution in [-0.2, 0) is 11.3 Å². The lowest BCUT2D eigenvalue weighted by Crippen LogP contribution is -2.25. The fourth-order valence-electron chi connectivity index (χ4n) is 1.98. The van der Waals surface area contributed by atoms with Crippen LogP contribution in [0.15, 0.2) is 29.6 Å². The molecular weight excluding hydrogens is 304 g/mol. The van der Waals surface area contributed by atoms with Gasteiger partial charge < -0.3 is 15.1 Å².